The molecule has 0 spiro atoms. The smallest absolute Gasteiger partial charge is 0.245 e. The zero-order valence-electron chi connectivity index (χ0n) is 17.6. The molecule has 3 aliphatic rings. The van der Waals surface area contributed by atoms with Crippen LogP contribution in [0, 0.1) is 5.92 Å². The summed E-state index contributed by atoms with van der Waals surface area (Å²) in [5, 5.41) is 3.02. The van der Waals surface area contributed by atoms with E-state index in [1.54, 1.807) is 4.90 Å². The van der Waals surface area contributed by atoms with E-state index in [1.807, 2.05) is 30.3 Å². The van der Waals surface area contributed by atoms with Crippen molar-refractivity contribution in [2.24, 2.45) is 5.92 Å². The fourth-order valence-electron chi connectivity index (χ4n) is 5.19. The number of carbonyl (C=O) groups excluding carboxylic acids is 3. The molecule has 1 N–H and O–H groups in total. The van der Waals surface area contributed by atoms with Gasteiger partial charge in [-0.25, -0.2) is 0 Å². The Morgan fingerprint density at radius 3 is 2.63 bits per heavy atom. The first-order valence-electron chi connectivity index (χ1n) is 11.4. The second-order valence-corrected chi connectivity index (χ2v) is 8.93. The van der Waals surface area contributed by atoms with Crippen molar-refractivity contribution in [3.63, 3.8) is 0 Å². The van der Waals surface area contributed by atoms with Crippen molar-refractivity contribution >= 4 is 17.6 Å². The molecule has 2 aliphatic heterocycles. The Balaban J connectivity index is 1.41. The molecule has 2 amide bonds. The third-order valence-electron chi connectivity index (χ3n) is 6.81. The van der Waals surface area contributed by atoms with Crippen molar-refractivity contribution in [2.45, 2.75) is 76.0 Å². The van der Waals surface area contributed by atoms with E-state index in [0.29, 0.717) is 38.1 Å². The molecule has 2 heterocycles. The van der Waals surface area contributed by atoms with Crippen LogP contribution >= 0.6 is 0 Å². The zero-order chi connectivity index (χ0) is 20.9. The number of benzene rings is 1. The van der Waals surface area contributed by atoms with E-state index in [0.717, 1.165) is 18.4 Å². The number of hydrogen-bond acceptors (Lipinski definition) is 4. The first-order valence-corrected chi connectivity index (χ1v) is 11.4. The van der Waals surface area contributed by atoms with E-state index < -0.39 is 12.1 Å². The summed E-state index contributed by atoms with van der Waals surface area (Å²) < 4.78 is 5.54. The summed E-state index contributed by atoms with van der Waals surface area (Å²) in [4.78, 5) is 40.1. The Bertz CT molecular complexity index is 760. The molecule has 1 aliphatic carbocycles. The molecule has 0 unspecified atom stereocenters. The van der Waals surface area contributed by atoms with E-state index in [-0.39, 0.29) is 30.3 Å². The molecule has 1 aromatic rings. The SMILES string of the molecule is O=C(CCc1ccccc1)N[C@@H](CC1CCCCC1)C(=O)N1CC[C@H]2OCC(=O)[C@H]21. The lowest BCUT2D eigenvalue weighted by atomic mass is 9.84. The number of carbonyl (C=O) groups is 3. The second-order valence-electron chi connectivity index (χ2n) is 8.93. The van der Waals surface area contributed by atoms with Crippen molar-refractivity contribution < 1.29 is 19.1 Å². The van der Waals surface area contributed by atoms with Crippen LogP contribution < -0.4 is 5.32 Å². The van der Waals surface area contributed by atoms with Crippen LogP contribution in [0.2, 0.25) is 0 Å². The molecule has 3 fully saturated rings. The number of amides is 2. The Morgan fingerprint density at radius 1 is 1.10 bits per heavy atom. The molecule has 6 heteroatoms. The number of fused-ring (bicyclic) bond motifs is 1. The number of aryl methyl sites for hydroxylation is 1. The van der Waals surface area contributed by atoms with Gasteiger partial charge >= 0.3 is 0 Å². The van der Waals surface area contributed by atoms with Crippen LogP contribution in [0.15, 0.2) is 30.3 Å². The van der Waals surface area contributed by atoms with Gasteiger partial charge in [0.05, 0.1) is 6.10 Å². The average Bonchev–Trinajstić information content (AvgIpc) is 3.36. The van der Waals surface area contributed by atoms with Gasteiger partial charge in [-0.15, -0.1) is 0 Å². The fraction of sp³-hybridized carbons (Fsp3) is 0.625. The summed E-state index contributed by atoms with van der Waals surface area (Å²) in [5.74, 6) is 0.228. The largest absolute Gasteiger partial charge is 0.368 e. The topological polar surface area (TPSA) is 75.7 Å². The number of nitrogens with zero attached hydrogens (tertiary/aromatic N) is 1. The predicted octanol–water partition coefficient (Wildman–Crippen LogP) is 2.64. The van der Waals surface area contributed by atoms with Crippen LogP contribution in [-0.4, -0.2) is 53.8 Å². The molecule has 162 valence electrons. The monoisotopic (exact) mass is 412 g/mol. The number of likely N-dealkylation sites (tertiary alicyclic amines) is 1. The highest BCUT2D eigenvalue weighted by Gasteiger charge is 2.48. The Hall–Kier alpha value is -2.21. The van der Waals surface area contributed by atoms with Crippen LogP contribution in [-0.2, 0) is 25.5 Å². The normalized spacial score (nSPS) is 25.2. The number of nitrogens with one attached hydrogen (secondary N) is 1. The summed E-state index contributed by atoms with van der Waals surface area (Å²) in [5.41, 5.74) is 1.11. The molecule has 30 heavy (non-hydrogen) atoms. The highest BCUT2D eigenvalue weighted by Crippen LogP contribution is 2.31. The van der Waals surface area contributed by atoms with Crippen LogP contribution in [0.5, 0.6) is 0 Å². The lowest BCUT2D eigenvalue weighted by Crippen LogP contribution is -2.53. The van der Waals surface area contributed by atoms with Gasteiger partial charge in [-0.1, -0.05) is 62.4 Å². The Labute approximate surface area is 178 Å². The van der Waals surface area contributed by atoms with Gasteiger partial charge in [0.25, 0.3) is 0 Å². The molecular formula is C24H32N2O4. The lowest BCUT2D eigenvalue weighted by molar-refractivity contribution is -0.140. The Kier molecular flexibility index (Phi) is 6.82. The minimum absolute atomic E-state index is 0.0160. The number of Topliss-reactive ketones (excluding diaryl/α,β-unsaturated/α-hetero) is 1. The van der Waals surface area contributed by atoms with Gasteiger partial charge in [0.2, 0.25) is 11.8 Å². The molecule has 0 aromatic heterocycles. The maximum atomic E-state index is 13.4. The third kappa shape index (κ3) is 4.91. The van der Waals surface area contributed by atoms with Gasteiger partial charge in [0, 0.05) is 13.0 Å². The van der Waals surface area contributed by atoms with E-state index in [1.165, 1.54) is 19.3 Å². The van der Waals surface area contributed by atoms with Gasteiger partial charge in [0.1, 0.15) is 18.7 Å². The third-order valence-corrected chi connectivity index (χ3v) is 6.81. The molecular weight excluding hydrogens is 380 g/mol. The van der Waals surface area contributed by atoms with Gasteiger partial charge in [0.15, 0.2) is 5.78 Å². The van der Waals surface area contributed by atoms with Gasteiger partial charge in [-0.05, 0) is 30.7 Å². The molecule has 2 saturated heterocycles. The summed E-state index contributed by atoms with van der Waals surface area (Å²) in [6.07, 6.45) is 8.03. The maximum absolute atomic E-state index is 13.4. The summed E-state index contributed by atoms with van der Waals surface area (Å²) in [6, 6.07) is 8.89. The average molecular weight is 413 g/mol. The second kappa shape index (κ2) is 9.73. The predicted molar refractivity (Wildman–Crippen MR) is 113 cm³/mol. The number of rotatable bonds is 7. The molecule has 0 radical (unpaired) electrons. The van der Waals surface area contributed by atoms with Crippen LogP contribution in [0.3, 0.4) is 0 Å². The number of ether oxygens (including phenoxy) is 1. The van der Waals surface area contributed by atoms with Crippen LogP contribution in [0.25, 0.3) is 0 Å². The standard InChI is InChI=1S/C24H32N2O4/c27-20-16-30-21-13-14-26(23(20)21)24(29)19(15-18-9-5-2-6-10-18)25-22(28)12-11-17-7-3-1-4-8-17/h1,3-4,7-8,18-19,21,23H,2,5-6,9-16H2,(H,25,28)/t19-,21+,23+/m0/s1. The van der Waals surface area contributed by atoms with Crippen molar-refractivity contribution in [3.8, 4) is 0 Å². The van der Waals surface area contributed by atoms with E-state index in [9.17, 15) is 14.4 Å². The first kappa shape index (κ1) is 21.0. The molecule has 1 aromatic carbocycles. The van der Waals surface area contributed by atoms with Gasteiger partial charge < -0.3 is 15.0 Å². The quantitative estimate of drug-likeness (QED) is 0.747. The molecule has 1 saturated carbocycles. The van der Waals surface area contributed by atoms with Gasteiger partial charge in [-0.2, -0.15) is 0 Å². The number of ketones is 1. The van der Waals surface area contributed by atoms with Crippen molar-refractivity contribution in [2.75, 3.05) is 13.2 Å². The molecule has 6 nitrogen and oxygen atoms in total. The summed E-state index contributed by atoms with van der Waals surface area (Å²) in [6.45, 7) is 0.622. The van der Waals surface area contributed by atoms with Crippen molar-refractivity contribution in [3.05, 3.63) is 35.9 Å². The minimum atomic E-state index is -0.552. The lowest BCUT2D eigenvalue weighted by Gasteiger charge is -2.31. The number of hydrogen-bond donors (Lipinski definition) is 1. The fourth-order valence-corrected chi connectivity index (χ4v) is 5.19. The molecule has 3 atom stereocenters. The zero-order valence-corrected chi connectivity index (χ0v) is 17.6. The van der Waals surface area contributed by atoms with Crippen LogP contribution in [0.4, 0.5) is 0 Å². The van der Waals surface area contributed by atoms with Crippen molar-refractivity contribution in [1.82, 2.24) is 10.2 Å². The Morgan fingerprint density at radius 2 is 1.87 bits per heavy atom. The van der Waals surface area contributed by atoms with E-state index >= 15 is 0 Å². The summed E-state index contributed by atoms with van der Waals surface area (Å²) >= 11 is 0. The maximum Gasteiger partial charge on any atom is 0.245 e. The minimum Gasteiger partial charge on any atom is -0.368 e. The highest BCUT2D eigenvalue weighted by molar-refractivity contribution is 5.95. The summed E-state index contributed by atoms with van der Waals surface area (Å²) in [7, 11) is 0. The first-order chi connectivity index (χ1) is 14.6. The molecule has 4 rings (SSSR count). The van der Waals surface area contributed by atoms with Gasteiger partial charge in [-0.3, -0.25) is 14.4 Å². The van der Waals surface area contributed by atoms with E-state index in [2.05, 4.69) is 5.32 Å². The van der Waals surface area contributed by atoms with Crippen molar-refractivity contribution in [1.29, 1.82) is 0 Å². The highest BCUT2D eigenvalue weighted by atomic mass is 16.5. The van der Waals surface area contributed by atoms with E-state index in [4.69, 9.17) is 4.74 Å². The van der Waals surface area contributed by atoms with Crippen LogP contribution in [0.1, 0.15) is 56.9 Å². The molecule has 0 bridgehead atoms.